The van der Waals surface area contributed by atoms with E-state index in [-0.39, 0.29) is 19.3 Å². The van der Waals surface area contributed by atoms with Gasteiger partial charge in [-0.2, -0.15) is 0 Å². The van der Waals surface area contributed by atoms with Crippen LogP contribution in [0.4, 0.5) is 4.79 Å². The molecule has 1 heterocycles. The first-order chi connectivity index (χ1) is 10.5. The zero-order valence-corrected chi connectivity index (χ0v) is 12.5. The van der Waals surface area contributed by atoms with Gasteiger partial charge < -0.3 is 30.0 Å². The van der Waals surface area contributed by atoms with Gasteiger partial charge in [0.2, 0.25) is 6.79 Å². The van der Waals surface area contributed by atoms with Crippen molar-refractivity contribution in [1.82, 2.24) is 10.6 Å². The van der Waals surface area contributed by atoms with Gasteiger partial charge in [0.05, 0.1) is 12.0 Å². The number of hydrogen-bond acceptors (Lipinski definition) is 5. The molecule has 0 radical (unpaired) electrons. The number of fused-ring (bicyclic) bond motifs is 1. The van der Waals surface area contributed by atoms with E-state index >= 15 is 0 Å². The van der Waals surface area contributed by atoms with E-state index in [1.165, 1.54) is 0 Å². The van der Waals surface area contributed by atoms with Crippen LogP contribution in [-0.2, 0) is 11.3 Å². The Morgan fingerprint density at radius 2 is 2.00 bits per heavy atom. The predicted molar refractivity (Wildman–Crippen MR) is 76.2 cm³/mol. The van der Waals surface area contributed by atoms with Crippen LogP contribution in [0.1, 0.15) is 25.8 Å². The molecular formula is C15H19N2O5-. The second-order valence-corrected chi connectivity index (χ2v) is 5.52. The number of nitrogens with one attached hydrogen (secondary N) is 2. The Labute approximate surface area is 128 Å². The van der Waals surface area contributed by atoms with E-state index in [9.17, 15) is 14.7 Å². The third-order valence-electron chi connectivity index (χ3n) is 3.19. The highest BCUT2D eigenvalue weighted by Gasteiger charge is 2.16. The summed E-state index contributed by atoms with van der Waals surface area (Å²) < 4.78 is 10.4. The van der Waals surface area contributed by atoms with Crippen LogP contribution in [0.5, 0.6) is 11.5 Å². The van der Waals surface area contributed by atoms with Crippen molar-refractivity contribution in [1.29, 1.82) is 0 Å². The van der Waals surface area contributed by atoms with Gasteiger partial charge in [0.25, 0.3) is 0 Å². The maximum absolute atomic E-state index is 11.8. The number of benzene rings is 1. The van der Waals surface area contributed by atoms with Crippen LogP contribution < -0.4 is 25.2 Å². The number of carbonyl (C=O) groups excluding carboxylic acids is 2. The number of amides is 2. The lowest BCUT2D eigenvalue weighted by Crippen LogP contribution is -2.51. The Morgan fingerprint density at radius 3 is 2.68 bits per heavy atom. The van der Waals surface area contributed by atoms with Gasteiger partial charge in [-0.05, 0) is 30.0 Å². The number of carbonyl (C=O) groups is 2. The van der Waals surface area contributed by atoms with Gasteiger partial charge in [-0.3, -0.25) is 0 Å². The van der Waals surface area contributed by atoms with Crippen LogP contribution >= 0.6 is 0 Å². The Kier molecular flexibility index (Phi) is 5.08. The van der Waals surface area contributed by atoms with E-state index in [1.54, 1.807) is 18.2 Å². The predicted octanol–water partition coefficient (Wildman–Crippen LogP) is 0.379. The van der Waals surface area contributed by atoms with Crippen molar-refractivity contribution >= 4 is 12.0 Å². The topological polar surface area (TPSA) is 99.7 Å². The highest BCUT2D eigenvalue weighted by molar-refractivity contribution is 5.81. The molecule has 1 aromatic carbocycles. The largest absolute Gasteiger partial charge is 0.548 e. The number of rotatable bonds is 6. The van der Waals surface area contributed by atoms with Crippen molar-refractivity contribution < 1.29 is 24.2 Å². The fourth-order valence-electron chi connectivity index (χ4n) is 2.13. The fourth-order valence-corrected chi connectivity index (χ4v) is 2.13. The average Bonchev–Trinajstić information content (AvgIpc) is 2.91. The number of carboxylic acid groups (broad SMARTS) is 1. The molecule has 7 heteroatoms. The number of hydrogen-bond donors (Lipinski definition) is 2. The number of aliphatic carboxylic acids is 1. The van der Waals surface area contributed by atoms with Crippen LogP contribution in [0.3, 0.4) is 0 Å². The van der Waals surface area contributed by atoms with Crippen LogP contribution in [0.25, 0.3) is 0 Å². The molecule has 0 aromatic heterocycles. The van der Waals surface area contributed by atoms with Crippen LogP contribution in [0.2, 0.25) is 0 Å². The van der Waals surface area contributed by atoms with Crippen molar-refractivity contribution in [2.45, 2.75) is 32.9 Å². The lowest BCUT2D eigenvalue weighted by Gasteiger charge is -2.21. The third kappa shape index (κ3) is 4.28. The summed E-state index contributed by atoms with van der Waals surface area (Å²) in [5.41, 5.74) is 0.827. The molecule has 0 fully saturated rings. The van der Waals surface area contributed by atoms with Crippen molar-refractivity contribution in [2.24, 2.45) is 5.92 Å². The van der Waals surface area contributed by atoms with Gasteiger partial charge in [0.15, 0.2) is 11.5 Å². The Bertz CT molecular complexity index is 559. The maximum atomic E-state index is 11.8. The second kappa shape index (κ2) is 7.02. The van der Waals surface area contributed by atoms with E-state index in [1.807, 2.05) is 13.8 Å². The molecule has 0 saturated carbocycles. The summed E-state index contributed by atoms with van der Waals surface area (Å²) in [6.45, 7) is 4.20. The summed E-state index contributed by atoms with van der Waals surface area (Å²) in [5.74, 6) is 0.151. The monoisotopic (exact) mass is 307 g/mol. The highest BCUT2D eigenvalue weighted by Crippen LogP contribution is 2.32. The molecule has 1 aromatic rings. The second-order valence-electron chi connectivity index (χ2n) is 5.52. The van der Waals surface area contributed by atoms with E-state index < -0.39 is 18.0 Å². The van der Waals surface area contributed by atoms with Gasteiger partial charge in [0.1, 0.15) is 0 Å². The van der Waals surface area contributed by atoms with E-state index in [0.717, 1.165) is 5.56 Å². The quantitative estimate of drug-likeness (QED) is 0.791. The minimum Gasteiger partial charge on any atom is -0.548 e. The minimum atomic E-state index is -1.29. The lowest BCUT2D eigenvalue weighted by atomic mass is 10.0. The van der Waals surface area contributed by atoms with Crippen molar-refractivity contribution in [3.05, 3.63) is 23.8 Å². The van der Waals surface area contributed by atoms with Crippen molar-refractivity contribution in [3.63, 3.8) is 0 Å². The molecule has 2 rings (SSSR count). The summed E-state index contributed by atoms with van der Waals surface area (Å²) >= 11 is 0. The van der Waals surface area contributed by atoms with Crippen LogP contribution in [0.15, 0.2) is 18.2 Å². The first-order valence-electron chi connectivity index (χ1n) is 7.09. The Balaban J connectivity index is 1.85. The van der Waals surface area contributed by atoms with Gasteiger partial charge >= 0.3 is 6.03 Å². The fraction of sp³-hybridized carbons (Fsp3) is 0.467. The highest BCUT2D eigenvalue weighted by atomic mass is 16.7. The molecule has 1 aliphatic heterocycles. The number of carboxylic acids is 1. The average molecular weight is 307 g/mol. The normalized spacial score (nSPS) is 13.8. The molecule has 0 aliphatic carbocycles. The molecular weight excluding hydrogens is 288 g/mol. The van der Waals surface area contributed by atoms with Gasteiger partial charge in [-0.1, -0.05) is 19.9 Å². The smallest absolute Gasteiger partial charge is 0.315 e. The molecule has 0 saturated heterocycles. The van der Waals surface area contributed by atoms with Crippen molar-refractivity contribution in [3.8, 4) is 11.5 Å². The molecule has 7 nitrogen and oxygen atoms in total. The minimum absolute atomic E-state index is 0.136. The number of ether oxygens (including phenoxy) is 2. The number of urea groups is 1. The standard InChI is InChI=1S/C15H20N2O5/c1-9(2)5-11(14(18)19)17-15(20)16-7-10-3-4-12-13(6-10)22-8-21-12/h3-4,6,9,11H,5,7-8H2,1-2H3,(H,18,19)(H2,16,17,20)/p-1/t11-/m0/s1. The molecule has 22 heavy (non-hydrogen) atoms. The molecule has 0 spiro atoms. The molecule has 1 atom stereocenters. The summed E-state index contributed by atoms with van der Waals surface area (Å²) in [5, 5.41) is 16.0. The first kappa shape index (κ1) is 15.9. The Hall–Kier alpha value is -2.44. The van der Waals surface area contributed by atoms with Crippen LogP contribution in [0, 0.1) is 5.92 Å². The summed E-state index contributed by atoms with van der Waals surface area (Å²) in [4.78, 5) is 22.8. The molecule has 0 bridgehead atoms. The first-order valence-corrected chi connectivity index (χ1v) is 7.09. The Morgan fingerprint density at radius 1 is 1.27 bits per heavy atom. The van der Waals surface area contributed by atoms with E-state index in [4.69, 9.17) is 9.47 Å². The summed E-state index contributed by atoms with van der Waals surface area (Å²) in [6.07, 6.45) is 0.319. The van der Waals surface area contributed by atoms with E-state index in [2.05, 4.69) is 10.6 Å². The lowest BCUT2D eigenvalue weighted by molar-refractivity contribution is -0.308. The van der Waals surface area contributed by atoms with Crippen molar-refractivity contribution in [2.75, 3.05) is 6.79 Å². The third-order valence-corrected chi connectivity index (χ3v) is 3.19. The zero-order valence-electron chi connectivity index (χ0n) is 12.5. The zero-order chi connectivity index (χ0) is 16.1. The summed E-state index contributed by atoms with van der Waals surface area (Å²) in [6, 6.07) is 3.79. The molecule has 2 amide bonds. The molecule has 0 unspecified atom stereocenters. The molecule has 2 N–H and O–H groups in total. The molecule has 120 valence electrons. The molecule has 1 aliphatic rings. The van der Waals surface area contributed by atoms with E-state index in [0.29, 0.717) is 17.9 Å². The van der Waals surface area contributed by atoms with Gasteiger partial charge in [-0.25, -0.2) is 4.79 Å². The SMILES string of the molecule is CC(C)C[C@H](NC(=O)NCc1ccc2c(c1)OCO2)C(=O)[O-]. The van der Waals surface area contributed by atoms with Gasteiger partial charge in [0, 0.05) is 6.54 Å². The van der Waals surface area contributed by atoms with Gasteiger partial charge in [-0.15, -0.1) is 0 Å². The summed E-state index contributed by atoms with van der Waals surface area (Å²) in [7, 11) is 0. The van der Waals surface area contributed by atoms with Crippen LogP contribution in [-0.4, -0.2) is 24.8 Å². The maximum Gasteiger partial charge on any atom is 0.315 e.